The molecule has 1 aromatic heterocycles. The average Bonchev–Trinajstić information content (AvgIpc) is 3.48. The van der Waals surface area contributed by atoms with Gasteiger partial charge in [0.15, 0.2) is 11.6 Å². The summed E-state index contributed by atoms with van der Waals surface area (Å²) in [5, 5.41) is 8.98. The second-order valence-electron chi connectivity index (χ2n) is 10.4. The maximum absolute atomic E-state index is 14.4. The molecule has 1 saturated heterocycles. The van der Waals surface area contributed by atoms with Crippen molar-refractivity contribution in [3.63, 3.8) is 0 Å². The Kier molecular flexibility index (Phi) is 7.44. The summed E-state index contributed by atoms with van der Waals surface area (Å²) in [7, 11) is 2.05. The first-order valence-corrected chi connectivity index (χ1v) is 13.1. The molecule has 1 aliphatic heterocycles. The van der Waals surface area contributed by atoms with Crippen LogP contribution in [0.5, 0.6) is 0 Å². The molecular weight excluding hydrogens is 515 g/mol. The van der Waals surface area contributed by atoms with Crippen LogP contribution in [0.2, 0.25) is 5.28 Å². The Morgan fingerprint density at radius 2 is 2.00 bits per heavy atom. The number of amides is 2. The van der Waals surface area contributed by atoms with Crippen molar-refractivity contribution in [3.05, 3.63) is 46.0 Å². The lowest BCUT2D eigenvalue weighted by Gasteiger charge is -2.36. The van der Waals surface area contributed by atoms with E-state index >= 15 is 0 Å². The van der Waals surface area contributed by atoms with Gasteiger partial charge in [-0.25, -0.2) is 9.37 Å². The number of carbonyl (C=O) groups excluding carboxylic acids is 2. The van der Waals surface area contributed by atoms with Crippen LogP contribution in [0.4, 0.5) is 21.6 Å². The zero-order valence-electron chi connectivity index (χ0n) is 20.9. The molecule has 202 valence electrons. The molecule has 1 aromatic carbocycles. The molecule has 38 heavy (non-hydrogen) atoms. The van der Waals surface area contributed by atoms with Gasteiger partial charge in [0.2, 0.25) is 11.2 Å². The standard InChI is InChI=1S/C25H30ClFN8O3/c1-34-4-6-35(7-5-34)19-3-2-15(33-38)10-17(19)24(37)29-11-14-8-13-9-16(14)21(20(13)22(28)36)31-23-18(27)12-30-25(26)32-23/h2-3,10,12-14,16,20-21H,4-9,11H2,1H3,(H2,28,36)(H,29,37)(H,30,31,32)/t13-,14+,16-,20+,21-/m1/s1. The van der Waals surface area contributed by atoms with Crippen LogP contribution in [0.1, 0.15) is 23.2 Å². The van der Waals surface area contributed by atoms with Gasteiger partial charge in [-0.05, 0) is 72.6 Å². The fourth-order valence-electron chi connectivity index (χ4n) is 6.34. The first-order chi connectivity index (χ1) is 18.2. The predicted octanol–water partition coefficient (Wildman–Crippen LogP) is 2.39. The lowest BCUT2D eigenvalue weighted by molar-refractivity contribution is -0.123. The molecule has 3 fully saturated rings. The maximum Gasteiger partial charge on any atom is 0.253 e. The first kappa shape index (κ1) is 26.2. The molecule has 5 atom stereocenters. The van der Waals surface area contributed by atoms with Crippen molar-refractivity contribution in [2.75, 3.05) is 50.0 Å². The fourth-order valence-corrected chi connectivity index (χ4v) is 6.48. The van der Waals surface area contributed by atoms with Gasteiger partial charge in [-0.1, -0.05) is 0 Å². The Labute approximate surface area is 224 Å². The third-order valence-corrected chi connectivity index (χ3v) is 8.37. The van der Waals surface area contributed by atoms with Crippen LogP contribution in [0.3, 0.4) is 0 Å². The molecule has 0 unspecified atom stereocenters. The molecule has 4 N–H and O–H groups in total. The van der Waals surface area contributed by atoms with Crippen molar-refractivity contribution in [1.29, 1.82) is 0 Å². The summed E-state index contributed by atoms with van der Waals surface area (Å²) in [4.78, 5) is 48.8. The molecule has 2 bridgehead atoms. The van der Waals surface area contributed by atoms with E-state index in [0.717, 1.165) is 44.5 Å². The molecule has 0 spiro atoms. The van der Waals surface area contributed by atoms with Gasteiger partial charge in [0.1, 0.15) is 5.69 Å². The largest absolute Gasteiger partial charge is 0.369 e. The van der Waals surface area contributed by atoms with Crippen LogP contribution in [0, 0.1) is 34.4 Å². The van der Waals surface area contributed by atoms with Crippen molar-refractivity contribution in [3.8, 4) is 0 Å². The van der Waals surface area contributed by atoms with Crippen molar-refractivity contribution in [2.45, 2.75) is 18.9 Å². The Hall–Kier alpha value is -3.38. The number of aromatic nitrogens is 2. The Morgan fingerprint density at radius 3 is 2.71 bits per heavy atom. The van der Waals surface area contributed by atoms with E-state index in [4.69, 9.17) is 17.3 Å². The number of likely N-dealkylation sites (N-methyl/N-ethyl adjacent to an activating group) is 1. The molecule has 5 rings (SSSR count). The minimum absolute atomic E-state index is 0.0146. The van der Waals surface area contributed by atoms with Gasteiger partial charge in [0, 0.05) is 44.5 Å². The topological polar surface area (TPSA) is 146 Å². The summed E-state index contributed by atoms with van der Waals surface area (Å²) < 4.78 is 14.4. The molecule has 2 aliphatic carbocycles. The third-order valence-electron chi connectivity index (χ3n) is 8.19. The number of rotatable bonds is 8. The lowest BCUT2D eigenvalue weighted by Crippen LogP contribution is -2.47. The van der Waals surface area contributed by atoms with E-state index in [2.05, 4.69) is 42.6 Å². The second-order valence-corrected chi connectivity index (χ2v) is 10.7. The number of hydrogen-bond donors (Lipinski definition) is 3. The van der Waals surface area contributed by atoms with E-state index in [0.29, 0.717) is 18.5 Å². The zero-order valence-corrected chi connectivity index (χ0v) is 21.7. The van der Waals surface area contributed by atoms with Crippen LogP contribution in [0.25, 0.3) is 0 Å². The minimum Gasteiger partial charge on any atom is -0.369 e. The molecule has 2 saturated carbocycles. The van der Waals surface area contributed by atoms with Gasteiger partial charge in [0.25, 0.3) is 5.91 Å². The number of nitrogens with two attached hydrogens (primary N) is 1. The van der Waals surface area contributed by atoms with Crippen LogP contribution >= 0.6 is 11.6 Å². The maximum atomic E-state index is 14.4. The Morgan fingerprint density at radius 1 is 1.24 bits per heavy atom. The van der Waals surface area contributed by atoms with Crippen molar-refractivity contribution < 1.29 is 14.0 Å². The molecular formula is C25H30ClFN8O3. The third kappa shape index (κ3) is 5.14. The fraction of sp³-hybridized carbons (Fsp3) is 0.520. The number of hydrogen-bond acceptors (Lipinski definition) is 9. The number of nitrogens with one attached hydrogen (secondary N) is 2. The highest BCUT2D eigenvalue weighted by Crippen LogP contribution is 2.52. The lowest BCUT2D eigenvalue weighted by atomic mass is 9.77. The number of nitrogens with zero attached hydrogens (tertiary/aromatic N) is 5. The van der Waals surface area contributed by atoms with Crippen LogP contribution in [-0.2, 0) is 4.79 Å². The molecule has 11 nitrogen and oxygen atoms in total. The van der Waals surface area contributed by atoms with Gasteiger partial charge in [-0.3, -0.25) is 9.59 Å². The predicted molar refractivity (Wildman–Crippen MR) is 141 cm³/mol. The van der Waals surface area contributed by atoms with E-state index in [-0.39, 0.29) is 40.4 Å². The van der Waals surface area contributed by atoms with E-state index in [1.807, 2.05) is 0 Å². The highest BCUT2D eigenvalue weighted by atomic mass is 35.5. The number of nitroso groups, excluding NO2 is 1. The normalized spacial score (nSPS) is 26.8. The van der Waals surface area contributed by atoms with Gasteiger partial charge in [0.05, 0.1) is 17.7 Å². The number of primary amides is 1. The Bertz CT molecular complexity index is 1240. The van der Waals surface area contributed by atoms with Gasteiger partial charge in [-0.15, -0.1) is 4.91 Å². The summed E-state index contributed by atoms with van der Waals surface area (Å²) in [6.45, 7) is 3.63. The van der Waals surface area contributed by atoms with Crippen molar-refractivity contribution in [2.24, 2.45) is 34.6 Å². The SMILES string of the molecule is CN1CCN(c2ccc(N=O)cc2C(=O)NC[C@@H]2C[C@@H]3C[C@H]2[C@@H](Nc2nc(Cl)ncc2F)[C@H]3C(N)=O)CC1. The molecule has 3 aliphatic rings. The van der Waals surface area contributed by atoms with Crippen LogP contribution in [0.15, 0.2) is 29.6 Å². The van der Waals surface area contributed by atoms with Crippen molar-refractivity contribution >= 4 is 40.6 Å². The van der Waals surface area contributed by atoms with Gasteiger partial charge in [-0.2, -0.15) is 4.98 Å². The smallest absolute Gasteiger partial charge is 0.253 e. The first-order valence-electron chi connectivity index (χ1n) is 12.7. The van der Waals surface area contributed by atoms with Gasteiger partial charge < -0.3 is 26.2 Å². The molecule has 13 heteroatoms. The summed E-state index contributed by atoms with van der Waals surface area (Å²) in [5.41, 5.74) is 7.07. The Balaban J connectivity index is 1.31. The van der Waals surface area contributed by atoms with E-state index in [1.165, 1.54) is 6.07 Å². The van der Waals surface area contributed by atoms with E-state index in [9.17, 15) is 18.9 Å². The molecule has 2 aromatic rings. The molecule has 2 amide bonds. The van der Waals surface area contributed by atoms with Crippen LogP contribution < -0.4 is 21.3 Å². The van der Waals surface area contributed by atoms with Gasteiger partial charge >= 0.3 is 0 Å². The number of carbonyl (C=O) groups is 2. The zero-order chi connectivity index (χ0) is 27.0. The number of anilines is 2. The summed E-state index contributed by atoms with van der Waals surface area (Å²) in [6.07, 6.45) is 2.41. The number of halogens is 2. The second kappa shape index (κ2) is 10.8. The monoisotopic (exact) mass is 544 g/mol. The van der Waals surface area contributed by atoms with E-state index in [1.54, 1.807) is 12.1 Å². The number of piperazine rings is 1. The molecule has 2 heterocycles. The quantitative estimate of drug-likeness (QED) is 0.339. The highest BCUT2D eigenvalue weighted by Gasteiger charge is 2.55. The summed E-state index contributed by atoms with van der Waals surface area (Å²) >= 11 is 5.85. The summed E-state index contributed by atoms with van der Waals surface area (Å²) in [5.74, 6) is -1.97. The van der Waals surface area contributed by atoms with E-state index < -0.39 is 23.7 Å². The number of benzene rings is 1. The van der Waals surface area contributed by atoms with Crippen molar-refractivity contribution in [1.82, 2.24) is 20.2 Å². The van der Waals surface area contributed by atoms with Crippen LogP contribution in [-0.4, -0.2) is 72.5 Å². The molecule has 0 radical (unpaired) electrons. The highest BCUT2D eigenvalue weighted by molar-refractivity contribution is 6.28. The average molecular weight is 545 g/mol. The number of fused-ring (bicyclic) bond motifs is 2. The minimum atomic E-state index is -0.676. The summed E-state index contributed by atoms with van der Waals surface area (Å²) in [6, 6.07) is 4.46.